The zero-order valence-corrected chi connectivity index (χ0v) is 15.6. The molecule has 2 fully saturated rings. The van der Waals surface area contributed by atoms with Crippen molar-refractivity contribution in [1.82, 2.24) is 29.7 Å². The van der Waals surface area contributed by atoms with Crippen molar-refractivity contribution in [3.63, 3.8) is 0 Å². The number of ether oxygens (including phenoxy) is 1. The van der Waals surface area contributed by atoms with E-state index < -0.39 is 0 Å². The third-order valence-corrected chi connectivity index (χ3v) is 5.53. The SMILES string of the molecule is CCOc1ncccc1C(=O)N1CC2CN(c3ccc4nncn4n3)CC2C1. The Morgan fingerprint density at radius 1 is 1.18 bits per heavy atom. The lowest BCUT2D eigenvalue weighted by Gasteiger charge is -2.22. The molecule has 2 unspecified atom stereocenters. The van der Waals surface area contributed by atoms with E-state index in [0.717, 1.165) is 37.6 Å². The first-order chi connectivity index (χ1) is 13.7. The molecular formula is C19H21N7O2. The summed E-state index contributed by atoms with van der Waals surface area (Å²) in [4.78, 5) is 21.4. The van der Waals surface area contributed by atoms with Crippen LogP contribution in [0.4, 0.5) is 5.82 Å². The second-order valence-electron chi connectivity index (χ2n) is 7.25. The van der Waals surface area contributed by atoms with E-state index in [1.165, 1.54) is 0 Å². The fraction of sp³-hybridized carbons (Fsp3) is 0.421. The van der Waals surface area contributed by atoms with Gasteiger partial charge in [0.25, 0.3) is 5.91 Å². The van der Waals surface area contributed by atoms with Gasteiger partial charge in [0, 0.05) is 44.2 Å². The number of likely N-dealkylation sites (tertiary alicyclic amines) is 1. The van der Waals surface area contributed by atoms with Crippen molar-refractivity contribution in [1.29, 1.82) is 0 Å². The molecule has 5 rings (SSSR count). The molecule has 3 aromatic rings. The third kappa shape index (κ3) is 2.83. The Bertz CT molecular complexity index is 1010. The maximum Gasteiger partial charge on any atom is 0.259 e. The molecule has 2 saturated heterocycles. The zero-order valence-electron chi connectivity index (χ0n) is 15.6. The number of hydrogen-bond donors (Lipinski definition) is 0. The highest BCUT2D eigenvalue weighted by Gasteiger charge is 2.42. The van der Waals surface area contributed by atoms with Gasteiger partial charge in [0.2, 0.25) is 5.88 Å². The first-order valence-corrected chi connectivity index (χ1v) is 9.52. The van der Waals surface area contributed by atoms with Gasteiger partial charge in [0.05, 0.1) is 6.61 Å². The minimum absolute atomic E-state index is 0.00142. The van der Waals surface area contributed by atoms with E-state index in [2.05, 4.69) is 25.2 Å². The molecule has 0 bridgehead atoms. The highest BCUT2D eigenvalue weighted by molar-refractivity contribution is 5.96. The molecular weight excluding hydrogens is 358 g/mol. The van der Waals surface area contributed by atoms with Crippen molar-refractivity contribution < 1.29 is 9.53 Å². The van der Waals surface area contributed by atoms with E-state index in [9.17, 15) is 4.79 Å². The molecule has 2 aliphatic heterocycles. The highest BCUT2D eigenvalue weighted by atomic mass is 16.5. The Morgan fingerprint density at radius 2 is 2.00 bits per heavy atom. The van der Waals surface area contributed by atoms with Crippen molar-refractivity contribution >= 4 is 17.4 Å². The normalized spacial score (nSPS) is 21.3. The number of pyridine rings is 1. The topological polar surface area (TPSA) is 88.8 Å². The lowest BCUT2D eigenvalue weighted by molar-refractivity contribution is 0.0777. The summed E-state index contributed by atoms with van der Waals surface area (Å²) in [7, 11) is 0. The highest BCUT2D eigenvalue weighted by Crippen LogP contribution is 2.34. The second kappa shape index (κ2) is 6.74. The molecule has 2 aliphatic rings. The predicted octanol–water partition coefficient (Wildman–Crippen LogP) is 1.13. The molecule has 9 heteroatoms. The number of hydrogen-bond acceptors (Lipinski definition) is 7. The standard InChI is InChI=1S/C19H21N7O2/c1-2-28-18-15(4-3-7-20-18)19(27)25-10-13-8-24(9-14(13)11-25)17-6-5-16-22-21-12-26(16)23-17/h3-7,12-14H,2,8-11H2,1H3. The summed E-state index contributed by atoms with van der Waals surface area (Å²) < 4.78 is 7.22. The Morgan fingerprint density at radius 3 is 2.79 bits per heavy atom. The van der Waals surface area contributed by atoms with Crippen molar-refractivity contribution in [3.05, 3.63) is 42.4 Å². The average molecular weight is 379 g/mol. The fourth-order valence-corrected chi connectivity index (χ4v) is 4.21. The van der Waals surface area contributed by atoms with Crippen LogP contribution < -0.4 is 9.64 Å². The second-order valence-corrected chi connectivity index (χ2v) is 7.25. The Kier molecular flexibility index (Phi) is 4.07. The van der Waals surface area contributed by atoms with Gasteiger partial charge in [0.1, 0.15) is 17.7 Å². The van der Waals surface area contributed by atoms with E-state index in [-0.39, 0.29) is 5.91 Å². The summed E-state index contributed by atoms with van der Waals surface area (Å²) in [5.41, 5.74) is 1.28. The van der Waals surface area contributed by atoms with Crippen LogP contribution in [0.15, 0.2) is 36.8 Å². The van der Waals surface area contributed by atoms with Crippen LogP contribution in [0, 0.1) is 11.8 Å². The van der Waals surface area contributed by atoms with E-state index in [4.69, 9.17) is 4.74 Å². The molecule has 1 amide bonds. The number of nitrogens with zero attached hydrogens (tertiary/aromatic N) is 7. The largest absolute Gasteiger partial charge is 0.477 e. The summed E-state index contributed by atoms with van der Waals surface area (Å²) >= 11 is 0. The van der Waals surface area contributed by atoms with Crippen LogP contribution >= 0.6 is 0 Å². The van der Waals surface area contributed by atoms with Crippen LogP contribution in [0.5, 0.6) is 5.88 Å². The first kappa shape index (κ1) is 16.9. The molecule has 0 aliphatic carbocycles. The number of anilines is 1. The molecule has 144 valence electrons. The molecule has 0 radical (unpaired) electrons. The van der Waals surface area contributed by atoms with E-state index in [0.29, 0.717) is 29.9 Å². The lowest BCUT2D eigenvalue weighted by Crippen LogP contribution is -2.34. The Balaban J connectivity index is 1.28. The van der Waals surface area contributed by atoms with E-state index >= 15 is 0 Å². The van der Waals surface area contributed by atoms with Crippen molar-refractivity contribution in [2.24, 2.45) is 11.8 Å². The molecule has 0 saturated carbocycles. The maximum absolute atomic E-state index is 13.0. The van der Waals surface area contributed by atoms with Gasteiger partial charge in [-0.3, -0.25) is 4.79 Å². The smallest absolute Gasteiger partial charge is 0.259 e. The first-order valence-electron chi connectivity index (χ1n) is 9.52. The molecule has 2 atom stereocenters. The minimum Gasteiger partial charge on any atom is -0.477 e. The molecule has 3 aromatic heterocycles. The third-order valence-electron chi connectivity index (χ3n) is 5.53. The van der Waals surface area contributed by atoms with E-state index in [1.54, 1.807) is 29.2 Å². The molecule has 0 aromatic carbocycles. The number of rotatable bonds is 4. The maximum atomic E-state index is 13.0. The fourth-order valence-electron chi connectivity index (χ4n) is 4.21. The molecule has 5 heterocycles. The minimum atomic E-state index is 0.00142. The zero-order chi connectivity index (χ0) is 19.1. The summed E-state index contributed by atoms with van der Waals surface area (Å²) in [5, 5.41) is 12.5. The number of carbonyl (C=O) groups excluding carboxylic acids is 1. The van der Waals surface area contributed by atoms with Crippen molar-refractivity contribution in [3.8, 4) is 5.88 Å². The summed E-state index contributed by atoms with van der Waals surface area (Å²) in [6, 6.07) is 7.48. The number of amides is 1. The van der Waals surface area contributed by atoms with Gasteiger partial charge < -0.3 is 14.5 Å². The van der Waals surface area contributed by atoms with Crippen LogP contribution in [-0.4, -0.2) is 68.4 Å². The van der Waals surface area contributed by atoms with Gasteiger partial charge in [-0.25, -0.2) is 4.98 Å². The Labute approximate surface area is 161 Å². The van der Waals surface area contributed by atoms with Gasteiger partial charge in [0.15, 0.2) is 5.65 Å². The van der Waals surface area contributed by atoms with Crippen LogP contribution in [0.25, 0.3) is 5.65 Å². The molecule has 9 nitrogen and oxygen atoms in total. The number of carbonyl (C=O) groups is 1. The van der Waals surface area contributed by atoms with Crippen LogP contribution in [0.2, 0.25) is 0 Å². The van der Waals surface area contributed by atoms with Crippen molar-refractivity contribution in [2.75, 3.05) is 37.7 Å². The monoisotopic (exact) mass is 379 g/mol. The molecule has 0 spiro atoms. The summed E-state index contributed by atoms with van der Waals surface area (Å²) in [6.07, 6.45) is 3.26. The van der Waals surface area contributed by atoms with Crippen LogP contribution in [0.3, 0.4) is 0 Å². The Hall–Kier alpha value is -3.23. The summed E-state index contributed by atoms with van der Waals surface area (Å²) in [5.74, 6) is 2.22. The van der Waals surface area contributed by atoms with E-state index in [1.807, 2.05) is 24.0 Å². The van der Waals surface area contributed by atoms with Gasteiger partial charge in [-0.15, -0.1) is 15.3 Å². The summed E-state index contributed by atoms with van der Waals surface area (Å²) in [6.45, 7) is 5.65. The van der Waals surface area contributed by atoms with Crippen LogP contribution in [-0.2, 0) is 0 Å². The van der Waals surface area contributed by atoms with Crippen LogP contribution in [0.1, 0.15) is 17.3 Å². The van der Waals surface area contributed by atoms with Crippen molar-refractivity contribution in [2.45, 2.75) is 6.92 Å². The van der Waals surface area contributed by atoms with Gasteiger partial charge >= 0.3 is 0 Å². The van der Waals surface area contributed by atoms with Gasteiger partial charge in [-0.2, -0.15) is 4.52 Å². The van der Waals surface area contributed by atoms with Gasteiger partial charge in [-0.1, -0.05) is 0 Å². The average Bonchev–Trinajstić information content (AvgIpc) is 3.42. The molecule has 28 heavy (non-hydrogen) atoms. The molecule has 0 N–H and O–H groups in total. The predicted molar refractivity (Wildman–Crippen MR) is 101 cm³/mol. The van der Waals surface area contributed by atoms with Gasteiger partial charge in [-0.05, 0) is 31.2 Å². The lowest BCUT2D eigenvalue weighted by atomic mass is 10.0. The quantitative estimate of drug-likeness (QED) is 0.671. The number of fused-ring (bicyclic) bond motifs is 2. The number of aromatic nitrogens is 5.